The lowest BCUT2D eigenvalue weighted by molar-refractivity contribution is -0.857. The molecule has 0 spiro atoms. The van der Waals surface area contributed by atoms with Crippen LogP contribution in [0.4, 0.5) is 5.69 Å². The van der Waals surface area contributed by atoms with Crippen LogP contribution in [0.15, 0.2) is 36.7 Å². The molecule has 0 aliphatic heterocycles. The Balaban J connectivity index is 2.25. The maximum absolute atomic E-state index is 5.83. The van der Waals surface area contributed by atoms with Gasteiger partial charge >= 0.3 is 0 Å². The first-order valence-corrected chi connectivity index (χ1v) is 9.55. The molecule has 1 heterocycles. The van der Waals surface area contributed by atoms with Crippen molar-refractivity contribution in [2.75, 3.05) is 32.5 Å². The minimum Gasteiger partial charge on any atom is -0.338 e. The molecule has 0 bridgehead atoms. The molecule has 1 atom stereocenters. The average Bonchev–Trinajstić information content (AvgIpc) is 2.58. The minimum absolute atomic E-state index is 0.184. The highest BCUT2D eigenvalue weighted by Gasteiger charge is 2.20. The van der Waals surface area contributed by atoms with Gasteiger partial charge in [0.05, 0.1) is 33.2 Å². The van der Waals surface area contributed by atoms with E-state index < -0.39 is 0 Å². The van der Waals surface area contributed by atoms with E-state index in [1.807, 2.05) is 12.4 Å². The van der Waals surface area contributed by atoms with E-state index in [0.29, 0.717) is 0 Å². The quantitative estimate of drug-likeness (QED) is 0.765. The minimum atomic E-state index is 0.184. The van der Waals surface area contributed by atoms with E-state index in [1.54, 1.807) is 0 Å². The van der Waals surface area contributed by atoms with E-state index >= 15 is 0 Å². The Morgan fingerprint density at radius 1 is 1.15 bits per heavy atom. The second-order valence-corrected chi connectivity index (χ2v) is 7.70. The first-order valence-electron chi connectivity index (χ1n) is 9.14. The first kappa shape index (κ1) is 20.3. The van der Waals surface area contributed by atoms with Gasteiger partial charge in [-0.25, -0.2) is 0 Å². The van der Waals surface area contributed by atoms with E-state index in [2.05, 4.69) is 81.3 Å². The van der Waals surface area contributed by atoms with Gasteiger partial charge in [-0.3, -0.25) is 4.98 Å². The van der Waals surface area contributed by atoms with E-state index in [9.17, 15) is 0 Å². The number of thiocarbonyl (C=S) groups is 1. The molecule has 0 amide bonds. The lowest BCUT2D eigenvalue weighted by Gasteiger charge is -2.33. The number of aromatic nitrogens is 1. The fourth-order valence-electron chi connectivity index (χ4n) is 3.19. The van der Waals surface area contributed by atoms with Crippen molar-refractivity contribution in [1.82, 2.24) is 9.88 Å². The number of likely N-dealkylation sites (N-methyl/N-ethyl adjacent to an activating group) is 1. The van der Waals surface area contributed by atoms with Crippen molar-refractivity contribution < 1.29 is 4.90 Å². The van der Waals surface area contributed by atoms with Gasteiger partial charge < -0.3 is 15.1 Å². The maximum Gasteiger partial charge on any atom is 0.174 e. The van der Waals surface area contributed by atoms with Gasteiger partial charge in [0.25, 0.3) is 0 Å². The van der Waals surface area contributed by atoms with Crippen LogP contribution in [0.25, 0.3) is 0 Å². The molecule has 1 unspecified atom stereocenters. The summed E-state index contributed by atoms with van der Waals surface area (Å²) in [5.41, 5.74) is 6.05. The van der Waals surface area contributed by atoms with Crippen LogP contribution in [0.5, 0.6) is 0 Å². The summed E-state index contributed by atoms with van der Waals surface area (Å²) in [7, 11) is 4.33. The number of aryl methyl sites for hydroxylation is 3. The second kappa shape index (κ2) is 9.10. The van der Waals surface area contributed by atoms with Gasteiger partial charge in [0.1, 0.15) is 0 Å². The van der Waals surface area contributed by atoms with Crippen LogP contribution in [0.3, 0.4) is 0 Å². The van der Waals surface area contributed by atoms with Gasteiger partial charge in [-0.05, 0) is 68.7 Å². The van der Waals surface area contributed by atoms with Crippen molar-refractivity contribution in [3.8, 4) is 0 Å². The molecule has 0 fully saturated rings. The van der Waals surface area contributed by atoms with Gasteiger partial charge in [-0.2, -0.15) is 0 Å². The number of hydrogen-bond acceptors (Lipinski definition) is 2. The number of rotatable bonds is 6. The van der Waals surface area contributed by atoms with Crippen LogP contribution in [-0.2, 0) is 0 Å². The normalized spacial score (nSPS) is 12.1. The van der Waals surface area contributed by atoms with E-state index in [4.69, 9.17) is 12.2 Å². The molecular weight excluding hydrogens is 340 g/mol. The molecule has 1 aromatic carbocycles. The second-order valence-electron chi connectivity index (χ2n) is 7.31. The average molecular weight is 372 g/mol. The Bertz CT molecular complexity index is 720. The fraction of sp³-hybridized carbons (Fsp3) is 0.429. The molecule has 2 N–H and O–H groups in total. The SMILES string of the molecule is Cc1cc(C)c(NC(=S)N(CC[NH+](C)C)C(C)c2ccncc2)c(C)c1. The number of nitrogens with zero attached hydrogens (tertiary/aromatic N) is 2. The predicted octanol–water partition coefficient (Wildman–Crippen LogP) is 2.91. The third-order valence-electron chi connectivity index (χ3n) is 4.68. The fourth-order valence-corrected chi connectivity index (χ4v) is 3.54. The summed E-state index contributed by atoms with van der Waals surface area (Å²) in [6.07, 6.45) is 3.68. The zero-order valence-electron chi connectivity index (χ0n) is 16.8. The van der Waals surface area contributed by atoms with Gasteiger partial charge in [-0.1, -0.05) is 17.7 Å². The summed E-state index contributed by atoms with van der Waals surface area (Å²) >= 11 is 5.83. The Kier molecular flexibility index (Phi) is 7.12. The Labute approximate surface area is 163 Å². The van der Waals surface area contributed by atoms with Crippen molar-refractivity contribution in [3.63, 3.8) is 0 Å². The van der Waals surface area contributed by atoms with Crippen molar-refractivity contribution >= 4 is 23.0 Å². The molecule has 140 valence electrons. The monoisotopic (exact) mass is 371 g/mol. The third-order valence-corrected chi connectivity index (χ3v) is 5.02. The standard InChI is InChI=1S/C21H30N4S/c1-15-13-16(2)20(17(3)14-15)23-21(26)25(12-11-24(5)6)18(4)19-7-9-22-10-8-19/h7-10,13-14,18H,11-12H2,1-6H3,(H,23,26)/p+1. The Morgan fingerprint density at radius 2 is 1.73 bits per heavy atom. The third kappa shape index (κ3) is 5.26. The molecule has 0 aliphatic rings. The van der Waals surface area contributed by atoms with Crippen molar-refractivity contribution in [2.45, 2.75) is 33.7 Å². The lowest BCUT2D eigenvalue weighted by atomic mass is 10.1. The molecule has 0 saturated heterocycles. The molecule has 2 rings (SSSR count). The largest absolute Gasteiger partial charge is 0.338 e. The zero-order chi connectivity index (χ0) is 19.3. The highest BCUT2D eigenvalue weighted by Crippen LogP contribution is 2.25. The van der Waals surface area contributed by atoms with Crippen LogP contribution >= 0.6 is 12.2 Å². The smallest absolute Gasteiger partial charge is 0.174 e. The molecule has 2 aromatic rings. The molecule has 1 aromatic heterocycles. The Morgan fingerprint density at radius 3 is 2.27 bits per heavy atom. The number of hydrogen-bond donors (Lipinski definition) is 2. The van der Waals surface area contributed by atoms with Crippen molar-refractivity contribution in [2.24, 2.45) is 0 Å². The number of benzene rings is 1. The predicted molar refractivity (Wildman–Crippen MR) is 114 cm³/mol. The molecule has 26 heavy (non-hydrogen) atoms. The molecular formula is C21H31N4S+. The number of nitrogens with one attached hydrogen (secondary N) is 2. The van der Waals surface area contributed by atoms with Crippen LogP contribution < -0.4 is 10.2 Å². The summed E-state index contributed by atoms with van der Waals surface area (Å²) < 4.78 is 0. The molecule has 5 heteroatoms. The van der Waals surface area contributed by atoms with E-state index in [0.717, 1.165) is 23.9 Å². The summed E-state index contributed by atoms with van der Waals surface area (Å²) in [5, 5.41) is 4.28. The van der Waals surface area contributed by atoms with Crippen molar-refractivity contribution in [1.29, 1.82) is 0 Å². The highest BCUT2D eigenvalue weighted by molar-refractivity contribution is 7.80. The molecule has 4 nitrogen and oxygen atoms in total. The van der Waals surface area contributed by atoms with Crippen LogP contribution in [0, 0.1) is 20.8 Å². The molecule has 0 radical (unpaired) electrons. The summed E-state index contributed by atoms with van der Waals surface area (Å²) in [4.78, 5) is 7.81. The number of pyridine rings is 1. The number of anilines is 1. The summed E-state index contributed by atoms with van der Waals surface area (Å²) in [6.45, 7) is 10.5. The van der Waals surface area contributed by atoms with Gasteiger partial charge in [0, 0.05) is 18.1 Å². The highest BCUT2D eigenvalue weighted by atomic mass is 32.1. The van der Waals surface area contributed by atoms with Gasteiger partial charge in [-0.15, -0.1) is 0 Å². The maximum atomic E-state index is 5.83. The summed E-state index contributed by atoms with van der Waals surface area (Å²) in [6, 6.07) is 8.69. The molecule has 0 aliphatic carbocycles. The van der Waals surface area contributed by atoms with Crippen molar-refractivity contribution in [3.05, 3.63) is 58.9 Å². The number of quaternary nitrogens is 1. The topological polar surface area (TPSA) is 32.6 Å². The van der Waals surface area contributed by atoms with Crippen LogP contribution in [0.1, 0.15) is 35.2 Å². The van der Waals surface area contributed by atoms with Crippen LogP contribution in [-0.4, -0.2) is 42.2 Å². The van der Waals surface area contributed by atoms with Crippen LogP contribution in [0.2, 0.25) is 0 Å². The lowest BCUT2D eigenvalue weighted by Crippen LogP contribution is -3.06. The first-order chi connectivity index (χ1) is 12.3. The summed E-state index contributed by atoms with van der Waals surface area (Å²) in [5.74, 6) is 0. The zero-order valence-corrected chi connectivity index (χ0v) is 17.6. The van der Waals surface area contributed by atoms with Gasteiger partial charge in [0.2, 0.25) is 0 Å². The molecule has 0 saturated carbocycles. The van der Waals surface area contributed by atoms with E-state index in [1.165, 1.54) is 27.2 Å². The van der Waals surface area contributed by atoms with E-state index in [-0.39, 0.29) is 6.04 Å². The Hall–Kier alpha value is -1.98. The van der Waals surface area contributed by atoms with Gasteiger partial charge in [0.15, 0.2) is 5.11 Å².